The summed E-state index contributed by atoms with van der Waals surface area (Å²) in [6, 6.07) is 8.14. The van der Waals surface area contributed by atoms with Crippen LogP contribution in [0.25, 0.3) is 0 Å². The Morgan fingerprint density at radius 3 is 2.67 bits per heavy atom. The van der Waals surface area contributed by atoms with E-state index in [1.165, 1.54) is 7.11 Å². The zero-order valence-corrected chi connectivity index (χ0v) is 14.3. The summed E-state index contributed by atoms with van der Waals surface area (Å²) >= 11 is 1.70. The number of nitrogens with one attached hydrogen (secondary N) is 1. The van der Waals surface area contributed by atoms with Gasteiger partial charge in [0.15, 0.2) is 0 Å². The first-order valence-electron chi connectivity index (χ1n) is 7.04. The average molecular weight is 311 g/mol. The van der Waals surface area contributed by atoms with E-state index in [0.717, 1.165) is 16.4 Å². The Kier molecular flexibility index (Phi) is 7.05. The summed E-state index contributed by atoms with van der Waals surface area (Å²) < 4.78 is 10.1. The number of benzene rings is 1. The van der Waals surface area contributed by atoms with E-state index >= 15 is 0 Å². The molecule has 0 aliphatic rings. The molecule has 5 heteroatoms. The molecule has 4 nitrogen and oxygen atoms in total. The van der Waals surface area contributed by atoms with Crippen LogP contribution in [0.2, 0.25) is 0 Å². The zero-order valence-electron chi connectivity index (χ0n) is 13.4. The molecule has 0 aliphatic heterocycles. The van der Waals surface area contributed by atoms with Crippen molar-refractivity contribution in [2.75, 3.05) is 20.0 Å². The number of hydrogen-bond donors (Lipinski definition) is 1. The van der Waals surface area contributed by atoms with Gasteiger partial charge in [-0.3, -0.25) is 10.1 Å². The smallest absolute Gasteiger partial charge is 0.325 e. The molecule has 0 heterocycles. The van der Waals surface area contributed by atoms with Gasteiger partial charge in [-0.2, -0.15) is 0 Å². The summed E-state index contributed by atoms with van der Waals surface area (Å²) in [4.78, 5) is 13.1. The molecule has 0 saturated carbocycles. The Labute approximate surface area is 131 Å². The molecule has 0 saturated heterocycles. The van der Waals surface area contributed by atoms with Crippen LogP contribution in [0.1, 0.15) is 27.2 Å². The number of rotatable bonds is 8. The van der Waals surface area contributed by atoms with Crippen LogP contribution in [0.4, 0.5) is 0 Å². The van der Waals surface area contributed by atoms with E-state index in [4.69, 9.17) is 9.47 Å². The fourth-order valence-corrected chi connectivity index (χ4v) is 3.28. The molecule has 118 valence electrons. The SMILES string of the molecule is COC(=O)C(C)(CCSc1cccc(OC)c1)NC(C)C. The predicted molar refractivity (Wildman–Crippen MR) is 87.0 cm³/mol. The molecule has 0 aromatic heterocycles. The van der Waals surface area contributed by atoms with Crippen molar-refractivity contribution < 1.29 is 14.3 Å². The van der Waals surface area contributed by atoms with Gasteiger partial charge >= 0.3 is 5.97 Å². The van der Waals surface area contributed by atoms with E-state index in [1.807, 2.05) is 45.0 Å². The van der Waals surface area contributed by atoms with Gasteiger partial charge in [0, 0.05) is 16.7 Å². The average Bonchev–Trinajstić information content (AvgIpc) is 2.45. The molecule has 0 aliphatic carbocycles. The maximum absolute atomic E-state index is 12.0. The first kappa shape index (κ1) is 17.9. The van der Waals surface area contributed by atoms with Gasteiger partial charge in [0.2, 0.25) is 0 Å². The van der Waals surface area contributed by atoms with Crippen LogP contribution >= 0.6 is 11.8 Å². The third-order valence-corrected chi connectivity index (χ3v) is 4.15. The van der Waals surface area contributed by atoms with Gasteiger partial charge in [0.05, 0.1) is 14.2 Å². The standard InChI is InChI=1S/C16H25NO3S/c1-12(2)17-16(3,15(18)20-5)9-10-21-14-8-6-7-13(11-14)19-4/h6-8,11-12,17H,9-10H2,1-5H3. The first-order valence-corrected chi connectivity index (χ1v) is 8.03. The topological polar surface area (TPSA) is 47.6 Å². The predicted octanol–water partition coefficient (Wildman–Crippen LogP) is 3.11. The van der Waals surface area contributed by atoms with E-state index in [0.29, 0.717) is 6.42 Å². The van der Waals surface area contributed by atoms with Crippen molar-refractivity contribution in [3.8, 4) is 5.75 Å². The van der Waals surface area contributed by atoms with E-state index in [1.54, 1.807) is 18.9 Å². The van der Waals surface area contributed by atoms with Crippen LogP contribution in [0, 0.1) is 0 Å². The Balaban J connectivity index is 2.62. The number of carbonyl (C=O) groups is 1. The number of hydrogen-bond acceptors (Lipinski definition) is 5. The Morgan fingerprint density at radius 1 is 1.38 bits per heavy atom. The number of esters is 1. The second-order valence-corrected chi connectivity index (χ2v) is 6.57. The van der Waals surface area contributed by atoms with Crippen LogP contribution in [0.5, 0.6) is 5.75 Å². The minimum atomic E-state index is -0.658. The maximum Gasteiger partial charge on any atom is 0.325 e. The van der Waals surface area contributed by atoms with Crippen molar-refractivity contribution in [3.05, 3.63) is 24.3 Å². The van der Waals surface area contributed by atoms with Gasteiger partial charge in [-0.15, -0.1) is 11.8 Å². The second kappa shape index (κ2) is 8.29. The monoisotopic (exact) mass is 311 g/mol. The minimum absolute atomic E-state index is 0.218. The van der Waals surface area contributed by atoms with Gasteiger partial charge in [0.25, 0.3) is 0 Å². The normalized spacial score (nSPS) is 13.8. The Hall–Kier alpha value is -1.20. The van der Waals surface area contributed by atoms with Crippen molar-refractivity contribution in [2.45, 2.75) is 43.7 Å². The highest BCUT2D eigenvalue weighted by Crippen LogP contribution is 2.26. The number of thioether (sulfide) groups is 1. The third kappa shape index (κ3) is 5.59. The van der Waals surface area contributed by atoms with Crippen LogP contribution in [0.15, 0.2) is 29.2 Å². The third-order valence-electron chi connectivity index (χ3n) is 3.16. The van der Waals surface area contributed by atoms with Crippen LogP contribution < -0.4 is 10.1 Å². The van der Waals surface area contributed by atoms with Crippen molar-refractivity contribution >= 4 is 17.7 Å². The molecule has 0 bridgehead atoms. The molecule has 0 spiro atoms. The van der Waals surface area contributed by atoms with E-state index in [9.17, 15) is 4.79 Å². The molecule has 1 rings (SSSR count). The fraction of sp³-hybridized carbons (Fsp3) is 0.562. The van der Waals surface area contributed by atoms with E-state index in [2.05, 4.69) is 5.32 Å². The molecule has 0 amide bonds. The lowest BCUT2D eigenvalue weighted by molar-refractivity contribution is -0.148. The summed E-state index contributed by atoms with van der Waals surface area (Å²) in [6.45, 7) is 5.94. The summed E-state index contributed by atoms with van der Waals surface area (Å²) in [5.41, 5.74) is -0.658. The molecule has 1 aromatic rings. The molecular weight excluding hydrogens is 286 g/mol. The maximum atomic E-state index is 12.0. The van der Waals surface area contributed by atoms with Gasteiger partial charge in [-0.05, 0) is 45.4 Å². The lowest BCUT2D eigenvalue weighted by Crippen LogP contribution is -2.53. The zero-order chi connectivity index (χ0) is 15.9. The van der Waals surface area contributed by atoms with E-state index in [-0.39, 0.29) is 12.0 Å². The largest absolute Gasteiger partial charge is 0.497 e. The summed E-state index contributed by atoms with van der Waals surface area (Å²) in [5, 5.41) is 3.30. The van der Waals surface area contributed by atoms with Gasteiger partial charge in [0.1, 0.15) is 11.3 Å². The lowest BCUT2D eigenvalue weighted by atomic mass is 9.98. The number of methoxy groups -OCH3 is 2. The van der Waals surface area contributed by atoms with Crippen LogP contribution in [-0.2, 0) is 9.53 Å². The highest BCUT2D eigenvalue weighted by atomic mass is 32.2. The first-order chi connectivity index (χ1) is 9.91. The summed E-state index contributed by atoms with van der Waals surface area (Å²) in [7, 11) is 3.09. The van der Waals surface area contributed by atoms with Crippen molar-refractivity contribution in [2.24, 2.45) is 0 Å². The van der Waals surface area contributed by atoms with Crippen LogP contribution in [-0.4, -0.2) is 37.5 Å². The highest BCUT2D eigenvalue weighted by Gasteiger charge is 2.34. The quantitative estimate of drug-likeness (QED) is 0.590. The number of carbonyl (C=O) groups excluding carboxylic acids is 1. The van der Waals surface area contributed by atoms with Crippen molar-refractivity contribution in [1.29, 1.82) is 0 Å². The summed E-state index contributed by atoms with van der Waals surface area (Å²) in [6.07, 6.45) is 0.694. The molecule has 1 aromatic carbocycles. The van der Waals surface area contributed by atoms with Gasteiger partial charge < -0.3 is 9.47 Å². The van der Waals surface area contributed by atoms with E-state index < -0.39 is 5.54 Å². The molecule has 0 radical (unpaired) electrons. The van der Waals surface area contributed by atoms with Crippen LogP contribution in [0.3, 0.4) is 0 Å². The van der Waals surface area contributed by atoms with Gasteiger partial charge in [-0.25, -0.2) is 0 Å². The molecular formula is C16H25NO3S. The fourth-order valence-electron chi connectivity index (χ4n) is 2.16. The summed E-state index contributed by atoms with van der Waals surface area (Å²) in [5.74, 6) is 1.44. The lowest BCUT2D eigenvalue weighted by Gasteiger charge is -2.30. The molecule has 21 heavy (non-hydrogen) atoms. The van der Waals surface area contributed by atoms with Crippen molar-refractivity contribution in [3.63, 3.8) is 0 Å². The Morgan fingerprint density at radius 2 is 2.10 bits per heavy atom. The second-order valence-electron chi connectivity index (χ2n) is 5.40. The number of ether oxygens (including phenoxy) is 2. The molecule has 1 N–H and O–H groups in total. The van der Waals surface area contributed by atoms with Crippen molar-refractivity contribution in [1.82, 2.24) is 5.32 Å². The molecule has 1 unspecified atom stereocenters. The van der Waals surface area contributed by atoms with Gasteiger partial charge in [-0.1, -0.05) is 6.07 Å². The molecule has 0 fully saturated rings. The Bertz CT molecular complexity index is 465. The molecule has 1 atom stereocenters. The highest BCUT2D eigenvalue weighted by molar-refractivity contribution is 7.99. The minimum Gasteiger partial charge on any atom is -0.497 e.